The fourth-order valence-electron chi connectivity index (χ4n) is 9.87. The quantitative estimate of drug-likeness (QED) is 0.0195. The van der Waals surface area contributed by atoms with Crippen molar-refractivity contribution in [2.24, 2.45) is 0 Å². The van der Waals surface area contributed by atoms with E-state index < -0.39 is 67.4 Å². The zero-order valence-electron chi connectivity index (χ0n) is 50.7. The predicted molar refractivity (Wildman–Crippen MR) is 329 cm³/mol. The topological polar surface area (TPSA) is 175 Å². The first-order valence-electron chi connectivity index (χ1n) is 32.7. The van der Waals surface area contributed by atoms with Crippen LogP contribution in [-0.4, -0.2) is 99.6 Å². The highest BCUT2D eigenvalue weighted by Crippen LogP contribution is 2.26. The van der Waals surface area contributed by atoms with Crippen LogP contribution in [0.1, 0.15) is 284 Å². The second-order valence-corrected chi connectivity index (χ2v) is 22.5. The third-order valence-electron chi connectivity index (χ3n) is 15.1. The van der Waals surface area contributed by atoms with E-state index in [-0.39, 0.29) is 19.4 Å². The first kappa shape index (κ1) is 74.1. The molecular formula is C68H121NO10. The molecule has 8 unspecified atom stereocenters. The molecule has 1 fully saturated rings. The Bertz CT molecular complexity index is 1560. The summed E-state index contributed by atoms with van der Waals surface area (Å²) >= 11 is 0. The number of unbranched alkanes of at least 4 members (excludes halogenated alkanes) is 31. The number of nitrogens with one attached hydrogen (secondary N) is 1. The van der Waals surface area contributed by atoms with Gasteiger partial charge in [-0.2, -0.15) is 0 Å². The fourth-order valence-corrected chi connectivity index (χ4v) is 9.87. The minimum Gasteiger partial charge on any atom is -0.454 e. The third kappa shape index (κ3) is 43.5. The van der Waals surface area contributed by atoms with Crippen LogP contribution in [0.25, 0.3) is 0 Å². The summed E-state index contributed by atoms with van der Waals surface area (Å²) in [5.74, 6) is -1.25. The molecule has 1 aliphatic heterocycles. The molecule has 1 rings (SSSR count). The average Bonchev–Trinajstić information content (AvgIpc) is 3.45. The number of aliphatic hydroxyl groups is 5. The van der Waals surface area contributed by atoms with E-state index in [1.165, 1.54) is 167 Å². The summed E-state index contributed by atoms with van der Waals surface area (Å²) in [6, 6.07) is -1.05. The van der Waals surface area contributed by atoms with Crippen LogP contribution >= 0.6 is 0 Å². The number of hydrogen-bond acceptors (Lipinski definition) is 10. The molecule has 11 heteroatoms. The Hall–Kier alpha value is -2.90. The number of esters is 1. The van der Waals surface area contributed by atoms with Gasteiger partial charge in [-0.05, 0) is 89.9 Å². The first-order valence-corrected chi connectivity index (χ1v) is 32.7. The van der Waals surface area contributed by atoms with Crippen molar-refractivity contribution in [2.45, 2.75) is 333 Å². The Morgan fingerprint density at radius 2 is 0.873 bits per heavy atom. The van der Waals surface area contributed by atoms with Crippen LogP contribution in [0.2, 0.25) is 0 Å². The predicted octanol–water partition coefficient (Wildman–Crippen LogP) is 16.0. The van der Waals surface area contributed by atoms with Crippen LogP contribution in [0.4, 0.5) is 0 Å². The summed E-state index contributed by atoms with van der Waals surface area (Å²) in [5, 5.41) is 56.9. The smallest absolute Gasteiger partial charge is 0.306 e. The van der Waals surface area contributed by atoms with Gasteiger partial charge in [0.05, 0.1) is 25.4 Å². The summed E-state index contributed by atoms with van der Waals surface area (Å²) in [6.45, 7) is 5.73. The van der Waals surface area contributed by atoms with Crippen LogP contribution < -0.4 is 5.32 Å². The molecule has 458 valence electrons. The molecule has 8 atom stereocenters. The van der Waals surface area contributed by atoms with E-state index in [0.29, 0.717) is 12.8 Å². The molecular weight excluding hydrogens is 991 g/mol. The molecule has 1 saturated heterocycles. The van der Waals surface area contributed by atoms with E-state index in [1.54, 1.807) is 6.08 Å². The maximum atomic E-state index is 13.4. The lowest BCUT2D eigenvalue weighted by molar-refractivity contribution is -0.305. The van der Waals surface area contributed by atoms with Crippen molar-refractivity contribution in [3.63, 3.8) is 0 Å². The van der Waals surface area contributed by atoms with E-state index >= 15 is 0 Å². The van der Waals surface area contributed by atoms with Crippen molar-refractivity contribution in [1.82, 2.24) is 5.32 Å². The second-order valence-electron chi connectivity index (χ2n) is 22.5. The van der Waals surface area contributed by atoms with E-state index in [9.17, 15) is 35.1 Å². The summed E-state index contributed by atoms with van der Waals surface area (Å²) < 4.78 is 17.6. The zero-order valence-corrected chi connectivity index (χ0v) is 50.7. The Morgan fingerprint density at radius 3 is 1.34 bits per heavy atom. The van der Waals surface area contributed by atoms with E-state index in [4.69, 9.17) is 14.2 Å². The Morgan fingerprint density at radius 1 is 0.494 bits per heavy atom. The number of allylic oxidation sites excluding steroid dienone is 11. The molecule has 0 saturated carbocycles. The molecule has 0 bridgehead atoms. The first-order chi connectivity index (χ1) is 38.7. The van der Waals surface area contributed by atoms with Crippen LogP contribution in [-0.2, 0) is 23.8 Å². The number of hydrogen-bond donors (Lipinski definition) is 6. The third-order valence-corrected chi connectivity index (χ3v) is 15.1. The number of carbonyl (C=O) groups excluding carboxylic acids is 2. The van der Waals surface area contributed by atoms with Gasteiger partial charge in [0.2, 0.25) is 5.91 Å². The summed E-state index contributed by atoms with van der Waals surface area (Å²) in [4.78, 5) is 26.5. The van der Waals surface area contributed by atoms with Crippen molar-refractivity contribution < 1.29 is 49.3 Å². The molecule has 79 heavy (non-hydrogen) atoms. The van der Waals surface area contributed by atoms with E-state index in [1.807, 2.05) is 18.2 Å². The second kappa shape index (κ2) is 55.6. The largest absolute Gasteiger partial charge is 0.454 e. The summed E-state index contributed by atoms with van der Waals surface area (Å²) in [7, 11) is 0. The van der Waals surface area contributed by atoms with Crippen molar-refractivity contribution in [1.29, 1.82) is 0 Å². The van der Waals surface area contributed by atoms with Gasteiger partial charge in [-0.15, -0.1) is 0 Å². The molecule has 0 spiro atoms. The van der Waals surface area contributed by atoms with Gasteiger partial charge in [0.15, 0.2) is 12.4 Å². The molecule has 1 amide bonds. The van der Waals surface area contributed by atoms with Gasteiger partial charge in [-0.1, -0.05) is 261 Å². The van der Waals surface area contributed by atoms with Crippen molar-refractivity contribution in [3.8, 4) is 0 Å². The monoisotopic (exact) mass is 1110 g/mol. The van der Waals surface area contributed by atoms with Crippen LogP contribution in [0, 0.1) is 0 Å². The number of rotatable bonds is 55. The summed E-state index contributed by atoms with van der Waals surface area (Å²) in [5.41, 5.74) is 0. The van der Waals surface area contributed by atoms with E-state index in [0.717, 1.165) is 70.6 Å². The van der Waals surface area contributed by atoms with Crippen molar-refractivity contribution in [2.75, 3.05) is 13.2 Å². The van der Waals surface area contributed by atoms with Gasteiger partial charge in [-0.3, -0.25) is 9.59 Å². The molecule has 1 aliphatic rings. The average molecular weight is 1110 g/mol. The molecule has 0 radical (unpaired) electrons. The highest BCUT2D eigenvalue weighted by molar-refractivity contribution is 5.80. The molecule has 0 aromatic heterocycles. The van der Waals surface area contributed by atoms with Crippen LogP contribution in [0.5, 0.6) is 0 Å². The van der Waals surface area contributed by atoms with Crippen LogP contribution in [0.3, 0.4) is 0 Å². The lowest BCUT2D eigenvalue weighted by atomic mass is 9.99. The molecule has 1 heterocycles. The highest BCUT2D eigenvalue weighted by Gasteiger charge is 2.47. The summed E-state index contributed by atoms with van der Waals surface area (Å²) in [6.07, 6.45) is 61.0. The molecule has 0 aromatic carbocycles. The number of ether oxygens (including phenoxy) is 3. The molecule has 6 N–H and O–H groups in total. The van der Waals surface area contributed by atoms with Gasteiger partial charge >= 0.3 is 5.97 Å². The molecule has 0 aliphatic carbocycles. The molecule has 11 nitrogen and oxygen atoms in total. The Kier molecular flexibility index (Phi) is 52.2. The van der Waals surface area contributed by atoms with Crippen molar-refractivity contribution >= 4 is 11.9 Å². The number of aliphatic hydroxyl groups excluding tert-OH is 5. The highest BCUT2D eigenvalue weighted by atomic mass is 16.7. The fraction of sp³-hybridized carbons (Fsp3) is 0.794. The Labute approximate surface area is 483 Å². The van der Waals surface area contributed by atoms with E-state index in [2.05, 4.69) is 74.7 Å². The normalized spacial score (nSPS) is 19.3. The van der Waals surface area contributed by atoms with Gasteiger partial charge in [-0.25, -0.2) is 0 Å². The molecule has 0 aromatic rings. The van der Waals surface area contributed by atoms with Gasteiger partial charge in [0, 0.05) is 6.42 Å². The maximum absolute atomic E-state index is 13.4. The van der Waals surface area contributed by atoms with Gasteiger partial charge in [0.25, 0.3) is 0 Å². The van der Waals surface area contributed by atoms with Crippen LogP contribution in [0.15, 0.2) is 72.9 Å². The zero-order chi connectivity index (χ0) is 57.5. The minimum absolute atomic E-state index is 0.116. The lowest BCUT2D eigenvalue weighted by Gasteiger charge is -2.41. The maximum Gasteiger partial charge on any atom is 0.306 e. The van der Waals surface area contributed by atoms with Gasteiger partial charge < -0.3 is 45.1 Å². The lowest BCUT2D eigenvalue weighted by Crippen LogP contribution is -2.61. The van der Waals surface area contributed by atoms with Gasteiger partial charge in [0.1, 0.15) is 24.4 Å². The number of carbonyl (C=O) groups is 2. The minimum atomic E-state index is -1.62. The SMILES string of the molecule is CCCCC/C=C\C/C=C\C/C=C\C/C=C\CCC(O)C(=O)NC(COC1OC(CO)C(O)C(O)C1OC(=O)CCCCCCCCCCCCCCC/C=C/CCCCCCCC)C(O)/C=C/CCCCCCCCCCC. The van der Waals surface area contributed by atoms with Crippen molar-refractivity contribution in [3.05, 3.63) is 72.9 Å². The standard InChI is InChI=1S/C68H121NO10/c1-4-7-10-13-16-19-22-24-26-28-29-30-31-32-33-34-36-38-41-44-47-50-53-56-63(73)79-66-65(75)64(74)62(57-70)78-68(66)77-58-59(60(71)54-51-48-45-42-39-21-18-15-12-9-6-3)69-67(76)61(72)55-52-49-46-43-40-37-35-27-25-23-20-17-14-11-8-5-2/h17,20,24-27,37,40,46,49,51,54,59-62,64-66,68,70-72,74-75H,4-16,18-19,21-23,28-36,38-39,41-45,47-48,50,52-53,55-58H2,1-3H3,(H,69,76)/b20-17-,26-24+,27-25-,40-37-,49-46-,54-51+. The Balaban J connectivity index is 2.63. The number of amides is 1.